The number of anilines is 1. The molecule has 108 valence electrons. The maximum atomic E-state index is 11.7. The molecule has 0 aliphatic carbocycles. The Morgan fingerprint density at radius 1 is 1.53 bits per heavy atom. The molecule has 2 amide bonds. The van der Waals surface area contributed by atoms with E-state index in [1.165, 1.54) is 0 Å². The number of amides is 2. The van der Waals surface area contributed by atoms with Crippen molar-refractivity contribution in [2.75, 3.05) is 18.5 Å². The molecule has 0 bridgehead atoms. The molecular formula is C13H24N4O2. The Balaban J connectivity index is 2.34. The van der Waals surface area contributed by atoms with E-state index in [2.05, 4.69) is 29.6 Å². The molecule has 0 aromatic carbocycles. The van der Waals surface area contributed by atoms with Crippen molar-refractivity contribution in [1.29, 1.82) is 0 Å². The van der Waals surface area contributed by atoms with Crippen LogP contribution in [0.2, 0.25) is 0 Å². The van der Waals surface area contributed by atoms with Crippen molar-refractivity contribution in [2.45, 2.75) is 26.7 Å². The lowest BCUT2D eigenvalue weighted by atomic mass is 9.94. The summed E-state index contributed by atoms with van der Waals surface area (Å²) in [5.41, 5.74) is 0.669. The number of rotatable bonds is 7. The van der Waals surface area contributed by atoms with Crippen LogP contribution >= 0.6 is 0 Å². The highest BCUT2D eigenvalue weighted by Gasteiger charge is 2.12. The van der Waals surface area contributed by atoms with Crippen molar-refractivity contribution in [1.82, 2.24) is 15.1 Å². The second-order valence-electron chi connectivity index (χ2n) is 5.25. The summed E-state index contributed by atoms with van der Waals surface area (Å²) in [4.78, 5) is 11.7. The molecule has 6 heteroatoms. The quantitative estimate of drug-likeness (QED) is 0.702. The Morgan fingerprint density at radius 3 is 2.79 bits per heavy atom. The highest BCUT2D eigenvalue weighted by atomic mass is 16.3. The van der Waals surface area contributed by atoms with Gasteiger partial charge in [-0.05, 0) is 24.7 Å². The summed E-state index contributed by atoms with van der Waals surface area (Å²) in [6.07, 6.45) is 5.04. The molecule has 0 saturated heterocycles. The maximum absolute atomic E-state index is 11.7. The highest BCUT2D eigenvalue weighted by molar-refractivity contribution is 5.88. The van der Waals surface area contributed by atoms with Gasteiger partial charge in [-0.3, -0.25) is 4.68 Å². The van der Waals surface area contributed by atoms with Crippen molar-refractivity contribution in [3.8, 4) is 0 Å². The van der Waals surface area contributed by atoms with E-state index >= 15 is 0 Å². The molecule has 1 rings (SSSR count). The SMILES string of the molecule is CC(C)CC(CCO)CNC(=O)Nc1cnn(C)c1. The van der Waals surface area contributed by atoms with E-state index in [0.29, 0.717) is 30.5 Å². The third-order valence-corrected chi connectivity index (χ3v) is 2.86. The first kappa shape index (κ1) is 15.5. The summed E-state index contributed by atoms with van der Waals surface area (Å²) in [6.45, 7) is 5.01. The lowest BCUT2D eigenvalue weighted by molar-refractivity contribution is 0.231. The topological polar surface area (TPSA) is 79.2 Å². The van der Waals surface area contributed by atoms with Gasteiger partial charge >= 0.3 is 6.03 Å². The number of aliphatic hydroxyl groups excluding tert-OH is 1. The van der Waals surface area contributed by atoms with Crippen molar-refractivity contribution >= 4 is 11.7 Å². The molecule has 6 nitrogen and oxygen atoms in total. The van der Waals surface area contributed by atoms with Crippen LogP contribution in [-0.4, -0.2) is 34.1 Å². The van der Waals surface area contributed by atoms with Gasteiger partial charge in [-0.1, -0.05) is 13.8 Å². The van der Waals surface area contributed by atoms with E-state index < -0.39 is 0 Å². The first-order valence-electron chi connectivity index (χ1n) is 6.65. The Kier molecular flexibility index (Phi) is 6.35. The fraction of sp³-hybridized carbons (Fsp3) is 0.692. The van der Waals surface area contributed by atoms with Gasteiger partial charge in [0, 0.05) is 26.4 Å². The molecule has 0 fully saturated rings. The van der Waals surface area contributed by atoms with E-state index in [9.17, 15) is 4.79 Å². The summed E-state index contributed by atoms with van der Waals surface area (Å²) >= 11 is 0. The molecule has 19 heavy (non-hydrogen) atoms. The Labute approximate surface area is 114 Å². The molecule has 1 aromatic heterocycles. The van der Waals surface area contributed by atoms with Gasteiger partial charge < -0.3 is 15.7 Å². The number of nitrogens with one attached hydrogen (secondary N) is 2. The zero-order valence-electron chi connectivity index (χ0n) is 11.9. The second-order valence-corrected chi connectivity index (χ2v) is 5.25. The summed E-state index contributed by atoms with van der Waals surface area (Å²) < 4.78 is 1.63. The molecule has 1 heterocycles. The van der Waals surface area contributed by atoms with Crippen LogP contribution in [0.4, 0.5) is 10.5 Å². The predicted molar refractivity (Wildman–Crippen MR) is 74.9 cm³/mol. The molecule has 1 aromatic rings. The number of nitrogens with zero attached hydrogens (tertiary/aromatic N) is 2. The minimum Gasteiger partial charge on any atom is -0.396 e. The van der Waals surface area contributed by atoms with Gasteiger partial charge in [0.1, 0.15) is 0 Å². The minimum atomic E-state index is -0.236. The molecule has 1 atom stereocenters. The van der Waals surface area contributed by atoms with Gasteiger partial charge in [-0.25, -0.2) is 4.79 Å². The van der Waals surface area contributed by atoms with E-state index in [0.717, 1.165) is 6.42 Å². The van der Waals surface area contributed by atoms with Crippen molar-refractivity contribution in [2.24, 2.45) is 18.9 Å². The molecule has 0 spiro atoms. The number of carbonyl (C=O) groups excluding carboxylic acids is 1. The van der Waals surface area contributed by atoms with Gasteiger partial charge in [0.2, 0.25) is 0 Å². The Morgan fingerprint density at radius 2 is 2.26 bits per heavy atom. The fourth-order valence-electron chi connectivity index (χ4n) is 2.05. The molecular weight excluding hydrogens is 244 g/mol. The van der Waals surface area contributed by atoms with E-state index in [-0.39, 0.29) is 12.6 Å². The zero-order valence-corrected chi connectivity index (χ0v) is 11.9. The number of hydrogen-bond acceptors (Lipinski definition) is 3. The minimum absolute atomic E-state index is 0.156. The average Bonchev–Trinajstić information content (AvgIpc) is 2.71. The normalized spacial score (nSPS) is 12.5. The highest BCUT2D eigenvalue weighted by Crippen LogP contribution is 2.14. The number of aryl methyl sites for hydroxylation is 1. The third-order valence-electron chi connectivity index (χ3n) is 2.86. The number of aromatic nitrogens is 2. The van der Waals surface area contributed by atoms with E-state index in [4.69, 9.17) is 5.11 Å². The Hall–Kier alpha value is -1.56. The van der Waals surface area contributed by atoms with Gasteiger partial charge in [-0.15, -0.1) is 0 Å². The summed E-state index contributed by atoms with van der Waals surface area (Å²) in [5.74, 6) is 0.865. The van der Waals surface area contributed by atoms with Gasteiger partial charge in [0.05, 0.1) is 11.9 Å². The number of aliphatic hydroxyl groups is 1. The molecule has 3 N–H and O–H groups in total. The molecule has 0 radical (unpaired) electrons. The van der Waals surface area contributed by atoms with Gasteiger partial charge in [0.25, 0.3) is 0 Å². The summed E-state index contributed by atoms with van der Waals surface area (Å²) in [6, 6.07) is -0.236. The van der Waals surface area contributed by atoms with Crippen LogP contribution in [0.25, 0.3) is 0 Å². The van der Waals surface area contributed by atoms with Crippen LogP contribution in [0.1, 0.15) is 26.7 Å². The van der Waals surface area contributed by atoms with Crippen LogP contribution in [0.5, 0.6) is 0 Å². The predicted octanol–water partition coefficient (Wildman–Crippen LogP) is 1.59. The standard InChI is InChI=1S/C13H24N4O2/c1-10(2)6-11(4-5-18)7-14-13(19)16-12-8-15-17(3)9-12/h8-11,18H,4-7H2,1-3H3,(H2,14,16,19). The molecule has 1 unspecified atom stereocenters. The monoisotopic (exact) mass is 268 g/mol. The molecule has 0 aliphatic heterocycles. The zero-order chi connectivity index (χ0) is 14.3. The first-order valence-corrected chi connectivity index (χ1v) is 6.65. The second kappa shape index (κ2) is 7.78. The summed E-state index contributed by atoms with van der Waals surface area (Å²) in [5, 5.41) is 18.5. The van der Waals surface area contributed by atoms with Crippen LogP contribution < -0.4 is 10.6 Å². The number of urea groups is 1. The third kappa shape index (κ3) is 6.24. The lowest BCUT2D eigenvalue weighted by Gasteiger charge is -2.18. The van der Waals surface area contributed by atoms with Crippen LogP contribution in [0.15, 0.2) is 12.4 Å². The number of carbonyl (C=O) groups is 1. The van der Waals surface area contributed by atoms with E-state index in [1.54, 1.807) is 24.1 Å². The van der Waals surface area contributed by atoms with Crippen molar-refractivity contribution in [3.05, 3.63) is 12.4 Å². The number of hydrogen-bond donors (Lipinski definition) is 3. The fourth-order valence-corrected chi connectivity index (χ4v) is 2.05. The molecule has 0 saturated carbocycles. The van der Waals surface area contributed by atoms with Gasteiger partial charge in [-0.2, -0.15) is 5.10 Å². The van der Waals surface area contributed by atoms with Crippen LogP contribution in [0, 0.1) is 11.8 Å². The van der Waals surface area contributed by atoms with Crippen LogP contribution in [-0.2, 0) is 7.05 Å². The van der Waals surface area contributed by atoms with Crippen molar-refractivity contribution < 1.29 is 9.90 Å². The van der Waals surface area contributed by atoms with E-state index in [1.807, 2.05) is 0 Å². The smallest absolute Gasteiger partial charge is 0.319 e. The summed E-state index contributed by atoms with van der Waals surface area (Å²) in [7, 11) is 1.79. The van der Waals surface area contributed by atoms with Gasteiger partial charge in [0.15, 0.2) is 0 Å². The molecule has 0 aliphatic rings. The largest absolute Gasteiger partial charge is 0.396 e. The maximum Gasteiger partial charge on any atom is 0.319 e. The Bertz CT molecular complexity index is 390. The average molecular weight is 268 g/mol. The van der Waals surface area contributed by atoms with Crippen molar-refractivity contribution in [3.63, 3.8) is 0 Å². The first-order chi connectivity index (χ1) is 9.01. The lowest BCUT2D eigenvalue weighted by Crippen LogP contribution is -2.33. The van der Waals surface area contributed by atoms with Crippen LogP contribution in [0.3, 0.4) is 0 Å².